The molecule has 1 fully saturated rings. The first-order valence-electron chi connectivity index (χ1n) is 8.48. The Kier molecular flexibility index (Phi) is 5.83. The Hall–Kier alpha value is -0.860. The summed E-state index contributed by atoms with van der Waals surface area (Å²) in [5.41, 5.74) is 5.69. The zero-order valence-corrected chi connectivity index (χ0v) is 14.3. The Bertz CT molecular complexity index is 442. The average Bonchev–Trinajstić information content (AvgIpc) is 3.23. The smallest absolute Gasteiger partial charge is 0.0759 e. The van der Waals surface area contributed by atoms with E-state index in [4.69, 9.17) is 4.74 Å². The van der Waals surface area contributed by atoms with Crippen LogP contribution in [0.5, 0.6) is 0 Å². The Morgan fingerprint density at radius 3 is 2.24 bits per heavy atom. The molecule has 0 amide bonds. The third kappa shape index (κ3) is 4.31. The summed E-state index contributed by atoms with van der Waals surface area (Å²) in [6.45, 7) is 12.8. The van der Waals surface area contributed by atoms with Crippen molar-refractivity contribution in [2.24, 2.45) is 5.92 Å². The quantitative estimate of drug-likeness (QED) is 0.782. The van der Waals surface area contributed by atoms with Crippen LogP contribution in [-0.2, 0) is 11.2 Å². The minimum absolute atomic E-state index is 0.370. The van der Waals surface area contributed by atoms with Gasteiger partial charge in [0.2, 0.25) is 0 Å². The second-order valence-electron chi connectivity index (χ2n) is 6.50. The van der Waals surface area contributed by atoms with Gasteiger partial charge in [-0.05, 0) is 76.1 Å². The highest BCUT2D eigenvalue weighted by Gasteiger charge is 2.37. The van der Waals surface area contributed by atoms with Crippen LogP contribution in [0.15, 0.2) is 12.1 Å². The number of benzene rings is 1. The molecule has 1 saturated carbocycles. The molecule has 2 atom stereocenters. The molecule has 1 aromatic rings. The van der Waals surface area contributed by atoms with Gasteiger partial charge in [0, 0.05) is 12.6 Å². The molecule has 1 aliphatic rings. The summed E-state index contributed by atoms with van der Waals surface area (Å²) in [5, 5.41) is 3.68. The van der Waals surface area contributed by atoms with Gasteiger partial charge in [0.15, 0.2) is 0 Å². The molecule has 2 heteroatoms. The van der Waals surface area contributed by atoms with Crippen molar-refractivity contribution in [1.29, 1.82) is 0 Å². The molecule has 118 valence electrons. The molecule has 1 aromatic carbocycles. The van der Waals surface area contributed by atoms with Crippen LogP contribution in [0.4, 0.5) is 0 Å². The van der Waals surface area contributed by atoms with Gasteiger partial charge in [0.25, 0.3) is 0 Å². The van der Waals surface area contributed by atoms with Gasteiger partial charge in [-0.3, -0.25) is 0 Å². The summed E-state index contributed by atoms with van der Waals surface area (Å²) in [5.74, 6) is 0.764. The molecule has 2 rings (SSSR count). The Morgan fingerprint density at radius 1 is 1.14 bits per heavy atom. The molecule has 0 radical (unpaired) electrons. The first-order chi connectivity index (χ1) is 10.1. The number of hydrogen-bond donors (Lipinski definition) is 1. The molecule has 0 saturated heterocycles. The van der Waals surface area contributed by atoms with Crippen LogP contribution in [0, 0.1) is 26.7 Å². The first kappa shape index (κ1) is 16.5. The normalized spacial score (nSPS) is 17.8. The van der Waals surface area contributed by atoms with E-state index in [-0.39, 0.29) is 0 Å². The molecule has 2 unspecified atom stereocenters. The van der Waals surface area contributed by atoms with Gasteiger partial charge in [0.05, 0.1) is 6.10 Å². The SMILES string of the molecule is CCNC(Cc1c(C)cc(C)cc1C)C(OCC)C1CC1. The topological polar surface area (TPSA) is 21.3 Å². The molecule has 0 heterocycles. The van der Waals surface area contributed by atoms with E-state index in [0.29, 0.717) is 12.1 Å². The van der Waals surface area contributed by atoms with Crippen molar-refractivity contribution in [3.05, 3.63) is 34.4 Å². The second kappa shape index (κ2) is 7.42. The van der Waals surface area contributed by atoms with Crippen molar-refractivity contribution in [3.63, 3.8) is 0 Å². The van der Waals surface area contributed by atoms with Gasteiger partial charge >= 0.3 is 0 Å². The van der Waals surface area contributed by atoms with E-state index in [0.717, 1.165) is 25.5 Å². The minimum Gasteiger partial charge on any atom is -0.377 e. The second-order valence-corrected chi connectivity index (χ2v) is 6.50. The Balaban J connectivity index is 2.19. The number of ether oxygens (including phenoxy) is 1. The molecular formula is C19H31NO. The molecule has 0 spiro atoms. The lowest BCUT2D eigenvalue weighted by Gasteiger charge is -2.29. The Labute approximate surface area is 130 Å². The number of nitrogens with one attached hydrogen (secondary N) is 1. The van der Waals surface area contributed by atoms with Crippen molar-refractivity contribution < 1.29 is 4.74 Å². The molecule has 0 aromatic heterocycles. The van der Waals surface area contributed by atoms with Gasteiger partial charge in [-0.2, -0.15) is 0 Å². The van der Waals surface area contributed by atoms with Crippen molar-refractivity contribution in [1.82, 2.24) is 5.32 Å². The Morgan fingerprint density at radius 2 is 1.76 bits per heavy atom. The van der Waals surface area contributed by atoms with Crippen LogP contribution in [0.1, 0.15) is 48.9 Å². The maximum atomic E-state index is 6.09. The van der Waals surface area contributed by atoms with E-state index in [9.17, 15) is 0 Å². The first-order valence-corrected chi connectivity index (χ1v) is 8.48. The number of aryl methyl sites for hydroxylation is 3. The van der Waals surface area contributed by atoms with E-state index in [1.807, 2.05) is 0 Å². The highest BCUT2D eigenvalue weighted by Crippen LogP contribution is 2.37. The maximum absolute atomic E-state index is 6.09. The standard InChI is InChI=1S/C19H31NO/c1-6-20-18(19(21-7-2)16-8-9-16)12-17-14(4)10-13(3)11-15(17)5/h10-11,16,18-20H,6-9,12H2,1-5H3. The van der Waals surface area contributed by atoms with E-state index in [1.165, 1.54) is 35.1 Å². The minimum atomic E-state index is 0.370. The van der Waals surface area contributed by atoms with Crippen LogP contribution < -0.4 is 5.32 Å². The third-order valence-corrected chi connectivity index (χ3v) is 4.57. The van der Waals surface area contributed by atoms with Gasteiger partial charge in [-0.1, -0.05) is 24.6 Å². The molecule has 1 N–H and O–H groups in total. The fourth-order valence-corrected chi connectivity index (χ4v) is 3.52. The molecule has 1 aliphatic carbocycles. The van der Waals surface area contributed by atoms with Crippen molar-refractivity contribution in [3.8, 4) is 0 Å². The number of likely N-dealkylation sites (N-methyl/N-ethyl adjacent to an activating group) is 1. The van der Waals surface area contributed by atoms with Crippen molar-refractivity contribution >= 4 is 0 Å². The van der Waals surface area contributed by atoms with Crippen LogP contribution in [0.2, 0.25) is 0 Å². The lowest BCUT2D eigenvalue weighted by atomic mass is 9.91. The highest BCUT2D eigenvalue weighted by atomic mass is 16.5. The van der Waals surface area contributed by atoms with Gasteiger partial charge < -0.3 is 10.1 Å². The summed E-state index contributed by atoms with van der Waals surface area (Å²) in [7, 11) is 0. The van der Waals surface area contributed by atoms with Crippen LogP contribution in [-0.4, -0.2) is 25.3 Å². The van der Waals surface area contributed by atoms with E-state index >= 15 is 0 Å². The lowest BCUT2D eigenvalue weighted by molar-refractivity contribution is 0.0195. The fourth-order valence-electron chi connectivity index (χ4n) is 3.52. The van der Waals surface area contributed by atoms with Gasteiger partial charge in [0.1, 0.15) is 0 Å². The van der Waals surface area contributed by atoms with Gasteiger partial charge in [-0.15, -0.1) is 0 Å². The van der Waals surface area contributed by atoms with E-state index in [1.54, 1.807) is 0 Å². The van der Waals surface area contributed by atoms with Crippen molar-refractivity contribution in [2.75, 3.05) is 13.2 Å². The van der Waals surface area contributed by atoms with E-state index < -0.39 is 0 Å². The zero-order valence-electron chi connectivity index (χ0n) is 14.3. The molecule has 2 nitrogen and oxygen atoms in total. The summed E-state index contributed by atoms with van der Waals surface area (Å²) >= 11 is 0. The monoisotopic (exact) mass is 289 g/mol. The third-order valence-electron chi connectivity index (χ3n) is 4.57. The number of hydrogen-bond acceptors (Lipinski definition) is 2. The van der Waals surface area contributed by atoms with Crippen LogP contribution in [0.3, 0.4) is 0 Å². The molecule has 0 bridgehead atoms. The molecule has 0 aliphatic heterocycles. The lowest BCUT2D eigenvalue weighted by Crippen LogP contribution is -2.44. The number of rotatable bonds is 8. The summed E-state index contributed by atoms with van der Waals surface area (Å²) < 4.78 is 6.09. The average molecular weight is 289 g/mol. The highest BCUT2D eigenvalue weighted by molar-refractivity contribution is 5.38. The van der Waals surface area contributed by atoms with Crippen molar-refractivity contribution in [2.45, 2.75) is 66.0 Å². The largest absolute Gasteiger partial charge is 0.377 e. The predicted octanol–water partition coefficient (Wildman–Crippen LogP) is 3.95. The predicted molar refractivity (Wildman–Crippen MR) is 90.0 cm³/mol. The summed E-state index contributed by atoms with van der Waals surface area (Å²) in [6.07, 6.45) is 4.11. The zero-order chi connectivity index (χ0) is 15.4. The van der Waals surface area contributed by atoms with Gasteiger partial charge in [-0.25, -0.2) is 0 Å². The maximum Gasteiger partial charge on any atom is 0.0759 e. The molecular weight excluding hydrogens is 258 g/mol. The van der Waals surface area contributed by atoms with Crippen LogP contribution >= 0.6 is 0 Å². The molecule has 21 heavy (non-hydrogen) atoms. The summed E-state index contributed by atoms with van der Waals surface area (Å²) in [6, 6.07) is 5.04. The fraction of sp³-hybridized carbons (Fsp3) is 0.684. The summed E-state index contributed by atoms with van der Waals surface area (Å²) in [4.78, 5) is 0. The van der Waals surface area contributed by atoms with Crippen LogP contribution in [0.25, 0.3) is 0 Å². The van der Waals surface area contributed by atoms with E-state index in [2.05, 4.69) is 52.1 Å².